The van der Waals surface area contributed by atoms with Crippen LogP contribution in [0.4, 0.5) is 0 Å². The minimum atomic E-state index is -2.88. The Kier molecular flexibility index (Phi) is 3.45. The van der Waals surface area contributed by atoms with Gasteiger partial charge in [-0.1, -0.05) is 0 Å². The van der Waals surface area contributed by atoms with Crippen LogP contribution in [0.25, 0.3) is 0 Å². The number of carbonyl (C=O) groups excluding carboxylic acids is 1. The molecule has 1 unspecified atom stereocenters. The zero-order valence-electron chi connectivity index (χ0n) is 10.2. The van der Waals surface area contributed by atoms with Crippen molar-refractivity contribution in [3.63, 3.8) is 0 Å². The molecule has 1 saturated heterocycles. The van der Waals surface area contributed by atoms with Crippen LogP contribution in [0.1, 0.15) is 32.6 Å². The molecule has 0 aromatic carbocycles. The van der Waals surface area contributed by atoms with Gasteiger partial charge in [-0.05, 0) is 26.2 Å². The van der Waals surface area contributed by atoms with E-state index in [9.17, 15) is 13.2 Å². The van der Waals surface area contributed by atoms with Crippen LogP contribution in [0.5, 0.6) is 0 Å². The van der Waals surface area contributed by atoms with Gasteiger partial charge in [0.25, 0.3) is 0 Å². The van der Waals surface area contributed by atoms with E-state index >= 15 is 0 Å². The van der Waals surface area contributed by atoms with E-state index in [0.717, 1.165) is 12.8 Å². The predicted molar refractivity (Wildman–Crippen MR) is 65.5 cm³/mol. The minimum absolute atomic E-state index is 0.0597. The van der Waals surface area contributed by atoms with Crippen LogP contribution in [-0.2, 0) is 14.6 Å². The summed E-state index contributed by atoms with van der Waals surface area (Å²) in [5, 5.41) is 6.11. The van der Waals surface area contributed by atoms with E-state index in [1.54, 1.807) is 0 Å². The highest BCUT2D eigenvalue weighted by Gasteiger charge is 2.37. The molecule has 1 heterocycles. The molecule has 0 bridgehead atoms. The fourth-order valence-corrected chi connectivity index (χ4v) is 4.28. The standard InChI is InChI=1S/C11H20N2O3S/c1-11(5-7-17(15,16)8-11)12-6-4-10(14)13-9-2-3-9/h9,12H,2-8H2,1H3,(H,13,14). The predicted octanol–water partition coefficient (Wildman–Crippen LogP) is -0.178. The molecule has 2 rings (SSSR count). The molecular weight excluding hydrogens is 240 g/mol. The fourth-order valence-electron chi connectivity index (χ4n) is 2.16. The third-order valence-corrected chi connectivity index (χ3v) is 5.25. The number of rotatable bonds is 5. The number of nitrogens with one attached hydrogen (secondary N) is 2. The normalized spacial score (nSPS) is 31.4. The summed E-state index contributed by atoms with van der Waals surface area (Å²) in [6, 6.07) is 0.393. The van der Waals surface area contributed by atoms with Gasteiger partial charge in [0, 0.05) is 24.5 Å². The topological polar surface area (TPSA) is 75.3 Å². The lowest BCUT2D eigenvalue weighted by Crippen LogP contribution is -2.45. The van der Waals surface area contributed by atoms with E-state index in [-0.39, 0.29) is 23.0 Å². The molecular formula is C11H20N2O3S. The quantitative estimate of drug-likeness (QED) is 0.719. The van der Waals surface area contributed by atoms with Crippen molar-refractivity contribution in [3.05, 3.63) is 0 Å². The van der Waals surface area contributed by atoms with Gasteiger partial charge in [0.2, 0.25) is 5.91 Å². The number of carbonyl (C=O) groups is 1. The van der Waals surface area contributed by atoms with Gasteiger partial charge in [-0.3, -0.25) is 4.79 Å². The molecule has 17 heavy (non-hydrogen) atoms. The zero-order chi connectivity index (χ0) is 12.5. The average molecular weight is 260 g/mol. The Bertz CT molecular complexity index is 403. The third kappa shape index (κ3) is 3.96. The Balaban J connectivity index is 1.69. The lowest BCUT2D eigenvalue weighted by molar-refractivity contribution is -0.121. The van der Waals surface area contributed by atoms with Gasteiger partial charge in [-0.15, -0.1) is 0 Å². The Hall–Kier alpha value is -0.620. The van der Waals surface area contributed by atoms with E-state index < -0.39 is 9.84 Å². The van der Waals surface area contributed by atoms with Crippen molar-refractivity contribution in [1.29, 1.82) is 0 Å². The minimum Gasteiger partial charge on any atom is -0.353 e. The second-order valence-electron chi connectivity index (χ2n) is 5.42. The van der Waals surface area contributed by atoms with Crippen LogP contribution in [-0.4, -0.2) is 44.0 Å². The first kappa shape index (κ1) is 12.8. The molecule has 98 valence electrons. The molecule has 5 nitrogen and oxygen atoms in total. The van der Waals surface area contributed by atoms with Crippen molar-refractivity contribution < 1.29 is 13.2 Å². The highest BCUT2D eigenvalue weighted by atomic mass is 32.2. The van der Waals surface area contributed by atoms with E-state index in [4.69, 9.17) is 0 Å². The third-order valence-electron chi connectivity index (χ3n) is 3.35. The van der Waals surface area contributed by atoms with Gasteiger partial charge in [0.05, 0.1) is 11.5 Å². The number of hydrogen-bond acceptors (Lipinski definition) is 4. The van der Waals surface area contributed by atoms with Gasteiger partial charge in [-0.25, -0.2) is 8.42 Å². The maximum absolute atomic E-state index is 11.4. The Labute approximate surface area is 102 Å². The molecule has 6 heteroatoms. The van der Waals surface area contributed by atoms with Crippen LogP contribution in [0.15, 0.2) is 0 Å². The number of hydrogen-bond donors (Lipinski definition) is 2. The van der Waals surface area contributed by atoms with Gasteiger partial charge < -0.3 is 10.6 Å². The molecule has 0 aromatic heterocycles. The highest BCUT2D eigenvalue weighted by Crippen LogP contribution is 2.22. The summed E-state index contributed by atoms with van der Waals surface area (Å²) in [7, 11) is -2.88. The fraction of sp³-hybridized carbons (Fsp3) is 0.909. The molecule has 1 aliphatic carbocycles. The molecule has 1 saturated carbocycles. The molecule has 1 atom stereocenters. The first-order valence-corrected chi connectivity index (χ1v) is 7.96. The Morgan fingerprint density at radius 3 is 2.65 bits per heavy atom. The SMILES string of the molecule is CC1(NCCC(=O)NC2CC2)CCS(=O)(=O)C1. The molecule has 2 N–H and O–H groups in total. The second-order valence-corrected chi connectivity index (χ2v) is 7.61. The van der Waals surface area contributed by atoms with Crippen LogP contribution in [0.2, 0.25) is 0 Å². The first-order valence-electron chi connectivity index (χ1n) is 6.13. The molecule has 2 fully saturated rings. The molecule has 0 aromatic rings. The van der Waals surface area contributed by atoms with Crippen molar-refractivity contribution in [1.82, 2.24) is 10.6 Å². The summed E-state index contributed by atoms with van der Waals surface area (Å²) in [5.41, 5.74) is -0.349. The number of sulfone groups is 1. The van der Waals surface area contributed by atoms with E-state index in [1.807, 2.05) is 6.92 Å². The maximum Gasteiger partial charge on any atom is 0.221 e. The van der Waals surface area contributed by atoms with Crippen LogP contribution in [0, 0.1) is 0 Å². The zero-order valence-corrected chi connectivity index (χ0v) is 11.0. The summed E-state index contributed by atoms with van der Waals surface area (Å²) in [6.07, 6.45) is 3.25. The monoisotopic (exact) mass is 260 g/mol. The van der Waals surface area contributed by atoms with E-state index in [1.165, 1.54) is 0 Å². The van der Waals surface area contributed by atoms with E-state index in [2.05, 4.69) is 10.6 Å². The van der Waals surface area contributed by atoms with Gasteiger partial charge in [0.1, 0.15) is 0 Å². The number of amides is 1. The average Bonchev–Trinajstić information content (AvgIpc) is 2.93. The van der Waals surface area contributed by atoms with Gasteiger partial charge in [-0.2, -0.15) is 0 Å². The lowest BCUT2D eigenvalue weighted by Gasteiger charge is -2.23. The summed E-state index contributed by atoms with van der Waals surface area (Å²) < 4.78 is 22.8. The lowest BCUT2D eigenvalue weighted by atomic mass is 10.0. The van der Waals surface area contributed by atoms with Crippen LogP contribution < -0.4 is 10.6 Å². The highest BCUT2D eigenvalue weighted by molar-refractivity contribution is 7.91. The molecule has 2 aliphatic rings. The van der Waals surface area contributed by atoms with Crippen molar-refractivity contribution in [3.8, 4) is 0 Å². The van der Waals surface area contributed by atoms with Crippen molar-refractivity contribution in [2.24, 2.45) is 0 Å². The molecule has 0 radical (unpaired) electrons. The van der Waals surface area contributed by atoms with E-state index in [0.29, 0.717) is 25.4 Å². The van der Waals surface area contributed by atoms with Crippen molar-refractivity contribution in [2.45, 2.75) is 44.2 Å². The second kappa shape index (κ2) is 4.57. The van der Waals surface area contributed by atoms with Gasteiger partial charge in [0.15, 0.2) is 9.84 Å². The summed E-state index contributed by atoms with van der Waals surface area (Å²) >= 11 is 0. The summed E-state index contributed by atoms with van der Waals surface area (Å²) in [5.74, 6) is 0.499. The molecule has 0 spiro atoms. The van der Waals surface area contributed by atoms with Crippen molar-refractivity contribution >= 4 is 15.7 Å². The molecule has 1 aliphatic heterocycles. The maximum atomic E-state index is 11.4. The van der Waals surface area contributed by atoms with Crippen molar-refractivity contribution in [2.75, 3.05) is 18.1 Å². The Morgan fingerprint density at radius 1 is 1.41 bits per heavy atom. The Morgan fingerprint density at radius 2 is 2.12 bits per heavy atom. The smallest absolute Gasteiger partial charge is 0.221 e. The summed E-state index contributed by atoms with van der Waals surface area (Å²) in [6.45, 7) is 2.46. The first-order chi connectivity index (χ1) is 7.89. The van der Waals surface area contributed by atoms with Crippen LogP contribution >= 0.6 is 0 Å². The van der Waals surface area contributed by atoms with Gasteiger partial charge >= 0.3 is 0 Å². The molecule has 1 amide bonds. The largest absolute Gasteiger partial charge is 0.353 e. The van der Waals surface area contributed by atoms with Crippen LogP contribution in [0.3, 0.4) is 0 Å². The summed E-state index contributed by atoms with van der Waals surface area (Å²) in [4.78, 5) is 11.4.